The van der Waals surface area contributed by atoms with Gasteiger partial charge >= 0.3 is 0 Å². The Labute approximate surface area is 317 Å². The van der Waals surface area contributed by atoms with Crippen LogP contribution in [0.3, 0.4) is 0 Å². The van der Waals surface area contributed by atoms with Gasteiger partial charge in [-0.25, -0.2) is 15.0 Å². The number of rotatable bonds is 5. The van der Waals surface area contributed by atoms with Gasteiger partial charge in [0.2, 0.25) is 0 Å². The highest BCUT2D eigenvalue weighted by Gasteiger charge is 2.21. The minimum absolute atomic E-state index is 0.588. The SMILES string of the molecule is c1ccc(-c2ccccc2-c2nc(-c3ccccc3-c3cccc4ccc5c6ccccc6ccc5c34)nc(-c3cccc4oc5ccccc5c34)n2)cc1. The van der Waals surface area contributed by atoms with Crippen molar-refractivity contribution in [2.75, 3.05) is 0 Å². The molecule has 2 heterocycles. The molecule has 0 saturated heterocycles. The van der Waals surface area contributed by atoms with Crippen LogP contribution in [0.1, 0.15) is 0 Å². The van der Waals surface area contributed by atoms with E-state index in [1.54, 1.807) is 0 Å². The molecule has 0 saturated carbocycles. The van der Waals surface area contributed by atoms with Gasteiger partial charge in [0, 0.05) is 27.5 Å². The first kappa shape index (κ1) is 31.1. The van der Waals surface area contributed by atoms with Crippen LogP contribution in [-0.2, 0) is 0 Å². The molecule has 0 N–H and O–H groups in total. The number of furan rings is 1. The fraction of sp³-hybridized carbons (Fsp3) is 0. The van der Waals surface area contributed by atoms with Gasteiger partial charge in [-0.2, -0.15) is 0 Å². The maximum Gasteiger partial charge on any atom is 0.164 e. The highest BCUT2D eigenvalue weighted by Crippen LogP contribution is 2.42. The molecule has 256 valence electrons. The Morgan fingerprint density at radius 3 is 1.62 bits per heavy atom. The number of benzene rings is 9. The summed E-state index contributed by atoms with van der Waals surface area (Å²) in [6, 6.07) is 65.7. The molecule has 0 aliphatic heterocycles. The van der Waals surface area contributed by atoms with Crippen molar-refractivity contribution in [3.63, 3.8) is 0 Å². The fourth-order valence-electron chi connectivity index (χ4n) is 8.26. The lowest BCUT2D eigenvalue weighted by molar-refractivity contribution is 0.669. The van der Waals surface area contributed by atoms with Crippen molar-refractivity contribution in [3.05, 3.63) is 188 Å². The standard InChI is InChI=1S/C51H31N3O/c1-2-14-32(15-3-1)36-19-6-8-21-41(36)49-52-50(54-51(53-49)44-25-13-27-46-48(44)43-23-10-11-26-45(43)55-46)42-22-9-7-20-37(42)39-24-12-17-34-29-30-38-35-18-5-4-16-33(35)28-31-40(38)47(34)39/h1-31H. The highest BCUT2D eigenvalue weighted by atomic mass is 16.3. The van der Waals surface area contributed by atoms with Crippen LogP contribution in [0.15, 0.2) is 192 Å². The van der Waals surface area contributed by atoms with E-state index < -0.39 is 0 Å². The van der Waals surface area contributed by atoms with Crippen LogP contribution in [-0.4, -0.2) is 15.0 Å². The normalized spacial score (nSPS) is 11.6. The number of para-hydroxylation sites is 1. The van der Waals surface area contributed by atoms with E-state index in [0.717, 1.165) is 60.9 Å². The molecule has 0 bridgehead atoms. The second-order valence-corrected chi connectivity index (χ2v) is 13.9. The summed E-state index contributed by atoms with van der Waals surface area (Å²) in [4.78, 5) is 16.0. The molecule has 0 spiro atoms. The first-order valence-electron chi connectivity index (χ1n) is 18.5. The van der Waals surface area contributed by atoms with E-state index in [1.165, 1.54) is 32.3 Å². The Balaban J connectivity index is 1.20. The van der Waals surface area contributed by atoms with Gasteiger partial charge in [0.05, 0.1) is 0 Å². The maximum absolute atomic E-state index is 6.33. The smallest absolute Gasteiger partial charge is 0.164 e. The first-order chi connectivity index (χ1) is 27.3. The summed E-state index contributed by atoms with van der Waals surface area (Å²) in [5.74, 6) is 1.80. The second-order valence-electron chi connectivity index (χ2n) is 13.9. The Morgan fingerprint density at radius 2 is 0.800 bits per heavy atom. The van der Waals surface area contributed by atoms with Gasteiger partial charge in [0.15, 0.2) is 17.5 Å². The van der Waals surface area contributed by atoms with Crippen molar-refractivity contribution in [2.24, 2.45) is 0 Å². The van der Waals surface area contributed by atoms with Gasteiger partial charge < -0.3 is 4.42 Å². The molecule has 0 atom stereocenters. The van der Waals surface area contributed by atoms with Gasteiger partial charge in [0.25, 0.3) is 0 Å². The molecular weight excluding hydrogens is 671 g/mol. The monoisotopic (exact) mass is 701 g/mol. The molecular formula is C51H31N3O. The number of hydrogen-bond donors (Lipinski definition) is 0. The topological polar surface area (TPSA) is 51.8 Å². The van der Waals surface area contributed by atoms with Gasteiger partial charge in [-0.05, 0) is 66.7 Å². The molecule has 11 aromatic rings. The van der Waals surface area contributed by atoms with E-state index >= 15 is 0 Å². The second kappa shape index (κ2) is 12.6. The largest absolute Gasteiger partial charge is 0.456 e. The molecule has 0 fully saturated rings. The molecule has 9 aromatic carbocycles. The molecule has 11 rings (SSSR count). The quantitative estimate of drug-likeness (QED) is 0.168. The predicted molar refractivity (Wildman–Crippen MR) is 227 cm³/mol. The van der Waals surface area contributed by atoms with E-state index in [1.807, 2.05) is 42.5 Å². The molecule has 0 aliphatic carbocycles. The molecule has 4 nitrogen and oxygen atoms in total. The van der Waals surface area contributed by atoms with Crippen LogP contribution >= 0.6 is 0 Å². The van der Waals surface area contributed by atoms with Crippen molar-refractivity contribution in [3.8, 4) is 56.4 Å². The lowest BCUT2D eigenvalue weighted by Crippen LogP contribution is -2.02. The summed E-state index contributed by atoms with van der Waals surface area (Å²) in [6.45, 7) is 0. The number of hydrogen-bond acceptors (Lipinski definition) is 4. The Hall–Kier alpha value is -7.43. The van der Waals surface area contributed by atoms with Crippen LogP contribution in [0.5, 0.6) is 0 Å². The zero-order valence-electron chi connectivity index (χ0n) is 29.6. The third kappa shape index (κ3) is 5.11. The van der Waals surface area contributed by atoms with Crippen LogP contribution in [0, 0.1) is 0 Å². The third-order valence-electron chi connectivity index (χ3n) is 10.8. The zero-order chi connectivity index (χ0) is 36.3. The Bertz CT molecular complexity index is 3270. The van der Waals surface area contributed by atoms with Gasteiger partial charge in [-0.3, -0.25) is 0 Å². The van der Waals surface area contributed by atoms with Gasteiger partial charge in [0.1, 0.15) is 11.2 Å². The molecule has 4 heteroatoms. The van der Waals surface area contributed by atoms with E-state index in [-0.39, 0.29) is 0 Å². The van der Waals surface area contributed by atoms with Gasteiger partial charge in [-0.15, -0.1) is 0 Å². The lowest BCUT2D eigenvalue weighted by Gasteiger charge is -2.16. The first-order valence-corrected chi connectivity index (χ1v) is 18.5. The van der Waals surface area contributed by atoms with Crippen molar-refractivity contribution in [1.29, 1.82) is 0 Å². The van der Waals surface area contributed by atoms with Crippen LogP contribution < -0.4 is 0 Å². The Morgan fingerprint density at radius 1 is 0.273 bits per heavy atom. The summed E-state index contributed by atoms with van der Waals surface area (Å²) in [7, 11) is 0. The summed E-state index contributed by atoms with van der Waals surface area (Å²) < 4.78 is 6.33. The highest BCUT2D eigenvalue weighted by molar-refractivity contribution is 6.21. The molecule has 0 aliphatic rings. The summed E-state index contributed by atoms with van der Waals surface area (Å²) in [5.41, 5.74) is 8.72. The van der Waals surface area contributed by atoms with Crippen LogP contribution in [0.4, 0.5) is 0 Å². The average molecular weight is 702 g/mol. The predicted octanol–water partition coefficient (Wildman–Crippen LogP) is 13.6. The van der Waals surface area contributed by atoms with Crippen molar-refractivity contribution < 1.29 is 4.42 Å². The van der Waals surface area contributed by atoms with E-state index in [9.17, 15) is 0 Å². The van der Waals surface area contributed by atoms with Crippen LogP contribution in [0.25, 0.3) is 111 Å². The third-order valence-corrected chi connectivity index (χ3v) is 10.8. The van der Waals surface area contributed by atoms with Crippen molar-refractivity contribution in [1.82, 2.24) is 15.0 Å². The number of fused-ring (bicyclic) bond motifs is 8. The fourth-order valence-corrected chi connectivity index (χ4v) is 8.26. The minimum atomic E-state index is 0.588. The number of aromatic nitrogens is 3. The van der Waals surface area contributed by atoms with Crippen LogP contribution in [0.2, 0.25) is 0 Å². The molecule has 0 amide bonds. The molecule has 2 aromatic heterocycles. The van der Waals surface area contributed by atoms with Gasteiger partial charge in [-0.1, -0.05) is 176 Å². The molecule has 0 unspecified atom stereocenters. The summed E-state index contributed by atoms with van der Waals surface area (Å²) in [6.07, 6.45) is 0. The van der Waals surface area contributed by atoms with E-state index in [0.29, 0.717) is 17.5 Å². The van der Waals surface area contributed by atoms with Crippen molar-refractivity contribution >= 4 is 54.3 Å². The van der Waals surface area contributed by atoms with Crippen molar-refractivity contribution in [2.45, 2.75) is 0 Å². The lowest BCUT2D eigenvalue weighted by atomic mass is 9.90. The van der Waals surface area contributed by atoms with E-state index in [2.05, 4.69) is 146 Å². The Kier molecular flexibility index (Phi) is 7.14. The summed E-state index contributed by atoms with van der Waals surface area (Å²) in [5, 5.41) is 9.32. The average Bonchev–Trinajstić information content (AvgIpc) is 3.65. The minimum Gasteiger partial charge on any atom is -0.456 e. The van der Waals surface area contributed by atoms with E-state index in [4.69, 9.17) is 19.4 Å². The molecule has 0 radical (unpaired) electrons. The molecule has 55 heavy (non-hydrogen) atoms. The maximum atomic E-state index is 6.33. The summed E-state index contributed by atoms with van der Waals surface area (Å²) >= 11 is 0. The number of nitrogens with zero attached hydrogens (tertiary/aromatic N) is 3. The zero-order valence-corrected chi connectivity index (χ0v) is 29.6.